The molecule has 1 fully saturated rings. The Bertz CT molecular complexity index is 252. The van der Waals surface area contributed by atoms with Crippen LogP contribution in [0.4, 0.5) is 0 Å². The zero-order valence-electron chi connectivity index (χ0n) is 9.91. The van der Waals surface area contributed by atoms with Gasteiger partial charge in [0.15, 0.2) is 0 Å². The molecule has 6 heteroatoms. The normalized spacial score (nSPS) is 16.7. The van der Waals surface area contributed by atoms with Gasteiger partial charge in [0.2, 0.25) is 5.91 Å². The molecular weight excluding hydrogens is 224 g/mol. The minimum atomic E-state index is -0.994. The van der Waals surface area contributed by atoms with E-state index in [1.165, 1.54) is 0 Å². The number of nitrogens with one attached hydrogen (secondary N) is 2. The standard InChI is InChI=1S/C11H20N2O4/c14-10(7-9-1-3-12-4-2-9)13-5-6-17-8-11(15)16/h9,12H,1-8H2,(H,13,14)(H,15,16). The van der Waals surface area contributed by atoms with Crippen LogP contribution in [0.15, 0.2) is 0 Å². The molecule has 1 saturated heterocycles. The number of amides is 1. The summed E-state index contributed by atoms with van der Waals surface area (Å²) in [6.07, 6.45) is 2.65. The summed E-state index contributed by atoms with van der Waals surface area (Å²) >= 11 is 0. The smallest absolute Gasteiger partial charge is 0.329 e. The van der Waals surface area contributed by atoms with Crippen molar-refractivity contribution in [2.24, 2.45) is 5.92 Å². The maximum absolute atomic E-state index is 11.5. The molecule has 0 aromatic heterocycles. The van der Waals surface area contributed by atoms with Crippen LogP contribution in [0.5, 0.6) is 0 Å². The molecule has 0 radical (unpaired) electrons. The summed E-state index contributed by atoms with van der Waals surface area (Å²) in [5.41, 5.74) is 0. The van der Waals surface area contributed by atoms with E-state index in [1.54, 1.807) is 0 Å². The zero-order valence-corrected chi connectivity index (χ0v) is 9.91. The van der Waals surface area contributed by atoms with Crippen molar-refractivity contribution in [2.45, 2.75) is 19.3 Å². The second-order valence-electron chi connectivity index (χ2n) is 4.19. The van der Waals surface area contributed by atoms with Gasteiger partial charge in [-0.25, -0.2) is 4.79 Å². The highest BCUT2D eigenvalue weighted by atomic mass is 16.5. The first-order valence-electron chi connectivity index (χ1n) is 5.95. The minimum absolute atomic E-state index is 0.0239. The van der Waals surface area contributed by atoms with Crippen LogP contribution >= 0.6 is 0 Å². The molecule has 0 spiro atoms. The van der Waals surface area contributed by atoms with Crippen LogP contribution < -0.4 is 10.6 Å². The average Bonchev–Trinajstić information content (AvgIpc) is 2.29. The highest BCUT2D eigenvalue weighted by Gasteiger charge is 2.16. The maximum atomic E-state index is 11.5. The molecule has 3 N–H and O–H groups in total. The second-order valence-corrected chi connectivity index (χ2v) is 4.19. The molecule has 1 rings (SSSR count). The number of carbonyl (C=O) groups is 2. The van der Waals surface area contributed by atoms with Crippen LogP contribution in [0.2, 0.25) is 0 Å². The summed E-state index contributed by atoms with van der Waals surface area (Å²) in [5.74, 6) is -0.502. The average molecular weight is 244 g/mol. The Morgan fingerprint density at radius 2 is 2.06 bits per heavy atom. The second kappa shape index (κ2) is 8.03. The van der Waals surface area contributed by atoms with Gasteiger partial charge in [0, 0.05) is 13.0 Å². The van der Waals surface area contributed by atoms with Crippen molar-refractivity contribution in [3.63, 3.8) is 0 Å². The van der Waals surface area contributed by atoms with E-state index in [2.05, 4.69) is 10.6 Å². The Labute approximate surface area is 101 Å². The first kappa shape index (κ1) is 13.9. The SMILES string of the molecule is O=C(O)COCCNC(=O)CC1CCNCC1. The molecule has 17 heavy (non-hydrogen) atoms. The van der Waals surface area contributed by atoms with E-state index in [4.69, 9.17) is 9.84 Å². The number of carboxylic acid groups (broad SMARTS) is 1. The fourth-order valence-corrected chi connectivity index (χ4v) is 1.84. The number of carboxylic acids is 1. The molecule has 0 saturated carbocycles. The lowest BCUT2D eigenvalue weighted by Gasteiger charge is -2.21. The van der Waals surface area contributed by atoms with E-state index in [1.807, 2.05) is 0 Å². The van der Waals surface area contributed by atoms with Gasteiger partial charge in [0.05, 0.1) is 6.61 Å². The molecule has 0 aliphatic carbocycles. The quantitative estimate of drug-likeness (QED) is 0.530. The highest BCUT2D eigenvalue weighted by Crippen LogP contribution is 2.15. The number of ether oxygens (including phenoxy) is 1. The number of carbonyl (C=O) groups excluding carboxylic acids is 1. The molecule has 0 aromatic rings. The Kier molecular flexibility index (Phi) is 6.57. The van der Waals surface area contributed by atoms with Gasteiger partial charge < -0.3 is 20.5 Å². The largest absolute Gasteiger partial charge is 0.480 e. The molecule has 1 amide bonds. The number of hydrogen-bond donors (Lipinski definition) is 3. The molecule has 98 valence electrons. The van der Waals surface area contributed by atoms with Crippen LogP contribution in [0.3, 0.4) is 0 Å². The van der Waals surface area contributed by atoms with E-state index in [0.717, 1.165) is 25.9 Å². The molecular formula is C11H20N2O4. The molecule has 0 unspecified atom stereocenters. The van der Waals surface area contributed by atoms with E-state index < -0.39 is 5.97 Å². The molecule has 1 heterocycles. The van der Waals surface area contributed by atoms with Gasteiger partial charge in [-0.1, -0.05) is 0 Å². The van der Waals surface area contributed by atoms with Crippen molar-refractivity contribution in [1.82, 2.24) is 10.6 Å². The number of piperidine rings is 1. The van der Waals surface area contributed by atoms with E-state index in [9.17, 15) is 9.59 Å². The Balaban J connectivity index is 1.98. The van der Waals surface area contributed by atoms with Crippen molar-refractivity contribution >= 4 is 11.9 Å². The van der Waals surface area contributed by atoms with Crippen molar-refractivity contribution in [3.8, 4) is 0 Å². The first-order valence-corrected chi connectivity index (χ1v) is 5.95. The van der Waals surface area contributed by atoms with Crippen LogP contribution in [-0.2, 0) is 14.3 Å². The van der Waals surface area contributed by atoms with Gasteiger partial charge in [-0.3, -0.25) is 4.79 Å². The fourth-order valence-electron chi connectivity index (χ4n) is 1.84. The Morgan fingerprint density at radius 3 is 2.71 bits per heavy atom. The van der Waals surface area contributed by atoms with Crippen molar-refractivity contribution < 1.29 is 19.4 Å². The third-order valence-electron chi connectivity index (χ3n) is 2.73. The Hall–Kier alpha value is -1.14. The number of hydrogen-bond acceptors (Lipinski definition) is 4. The third-order valence-corrected chi connectivity index (χ3v) is 2.73. The third kappa shape index (κ3) is 6.91. The zero-order chi connectivity index (χ0) is 12.5. The van der Waals surface area contributed by atoms with Crippen LogP contribution in [0, 0.1) is 5.92 Å². The summed E-state index contributed by atoms with van der Waals surface area (Å²) in [6, 6.07) is 0. The van der Waals surface area contributed by atoms with Gasteiger partial charge in [-0.05, 0) is 31.8 Å². The minimum Gasteiger partial charge on any atom is -0.480 e. The molecule has 0 aromatic carbocycles. The lowest BCUT2D eigenvalue weighted by Crippen LogP contribution is -2.33. The van der Waals surface area contributed by atoms with E-state index >= 15 is 0 Å². The molecule has 1 aliphatic rings. The monoisotopic (exact) mass is 244 g/mol. The summed E-state index contributed by atoms with van der Waals surface area (Å²) in [5, 5.41) is 14.3. The van der Waals surface area contributed by atoms with Crippen LogP contribution in [-0.4, -0.2) is 49.8 Å². The maximum Gasteiger partial charge on any atom is 0.329 e. The molecule has 1 aliphatic heterocycles. The van der Waals surface area contributed by atoms with Gasteiger partial charge in [-0.2, -0.15) is 0 Å². The summed E-state index contributed by atoms with van der Waals surface area (Å²) in [7, 11) is 0. The summed E-state index contributed by atoms with van der Waals surface area (Å²) in [6.45, 7) is 2.27. The van der Waals surface area contributed by atoms with Crippen molar-refractivity contribution in [2.75, 3.05) is 32.8 Å². The molecule has 6 nitrogen and oxygen atoms in total. The molecule has 0 bridgehead atoms. The van der Waals surface area contributed by atoms with Gasteiger partial charge >= 0.3 is 5.97 Å². The van der Waals surface area contributed by atoms with Crippen LogP contribution in [0.25, 0.3) is 0 Å². The lowest BCUT2D eigenvalue weighted by molar-refractivity contribution is -0.142. The predicted molar refractivity (Wildman–Crippen MR) is 61.7 cm³/mol. The first-order chi connectivity index (χ1) is 8.18. The lowest BCUT2D eigenvalue weighted by atomic mass is 9.94. The molecule has 0 atom stereocenters. The fraction of sp³-hybridized carbons (Fsp3) is 0.818. The Morgan fingerprint density at radius 1 is 1.35 bits per heavy atom. The highest BCUT2D eigenvalue weighted by molar-refractivity contribution is 5.76. The summed E-state index contributed by atoms with van der Waals surface area (Å²) in [4.78, 5) is 21.6. The number of rotatable bonds is 7. The summed E-state index contributed by atoms with van der Waals surface area (Å²) < 4.78 is 4.81. The van der Waals surface area contributed by atoms with Crippen LogP contribution in [0.1, 0.15) is 19.3 Å². The van der Waals surface area contributed by atoms with E-state index in [-0.39, 0.29) is 19.1 Å². The van der Waals surface area contributed by atoms with Crippen molar-refractivity contribution in [1.29, 1.82) is 0 Å². The van der Waals surface area contributed by atoms with Gasteiger partial charge in [0.1, 0.15) is 6.61 Å². The van der Waals surface area contributed by atoms with E-state index in [0.29, 0.717) is 18.9 Å². The topological polar surface area (TPSA) is 87.7 Å². The van der Waals surface area contributed by atoms with Gasteiger partial charge in [0.25, 0.3) is 0 Å². The van der Waals surface area contributed by atoms with Gasteiger partial charge in [-0.15, -0.1) is 0 Å². The van der Waals surface area contributed by atoms with Crippen molar-refractivity contribution in [3.05, 3.63) is 0 Å². The predicted octanol–water partition coefficient (Wildman–Crippen LogP) is -0.406. The number of aliphatic carboxylic acids is 1.